The fraction of sp³-hybridized carbons (Fsp3) is 0.263. The van der Waals surface area contributed by atoms with Crippen LogP contribution < -0.4 is 14.9 Å². The SMILES string of the molecule is CCOc1cc2c(cc1/C=N\NC(=O)c1ccccc1F)O[C@@H](C)C2. The Labute approximate surface area is 145 Å². The number of hydrogen-bond donors (Lipinski definition) is 1. The summed E-state index contributed by atoms with van der Waals surface area (Å²) in [5.41, 5.74) is 4.04. The van der Waals surface area contributed by atoms with Gasteiger partial charge in [0.15, 0.2) is 0 Å². The van der Waals surface area contributed by atoms with Crippen molar-refractivity contribution in [1.29, 1.82) is 0 Å². The van der Waals surface area contributed by atoms with Crippen molar-refractivity contribution in [3.63, 3.8) is 0 Å². The van der Waals surface area contributed by atoms with Crippen LogP contribution in [0.2, 0.25) is 0 Å². The molecule has 1 heterocycles. The predicted octanol–water partition coefficient (Wildman–Crippen LogP) is 3.31. The Morgan fingerprint density at radius 2 is 2.24 bits per heavy atom. The number of hydrazone groups is 1. The quantitative estimate of drug-likeness (QED) is 0.670. The highest BCUT2D eigenvalue weighted by atomic mass is 19.1. The zero-order valence-corrected chi connectivity index (χ0v) is 14.1. The van der Waals surface area contributed by atoms with Crippen molar-refractivity contribution < 1.29 is 18.7 Å². The summed E-state index contributed by atoms with van der Waals surface area (Å²) in [4.78, 5) is 12.0. The maximum absolute atomic E-state index is 13.6. The molecule has 0 radical (unpaired) electrons. The first kappa shape index (κ1) is 17.0. The lowest BCUT2D eigenvalue weighted by Crippen LogP contribution is -2.19. The number of nitrogens with zero attached hydrogens (tertiary/aromatic N) is 1. The second-order valence-electron chi connectivity index (χ2n) is 5.74. The van der Waals surface area contributed by atoms with Crippen LogP contribution in [0.5, 0.6) is 11.5 Å². The number of rotatable bonds is 5. The normalized spacial score (nSPS) is 15.7. The lowest BCUT2D eigenvalue weighted by Gasteiger charge is -2.09. The van der Waals surface area contributed by atoms with Crippen molar-refractivity contribution in [2.45, 2.75) is 26.4 Å². The Bertz CT molecular complexity index is 820. The molecule has 2 aromatic rings. The maximum Gasteiger partial charge on any atom is 0.274 e. The van der Waals surface area contributed by atoms with Crippen molar-refractivity contribution in [1.82, 2.24) is 5.43 Å². The monoisotopic (exact) mass is 342 g/mol. The molecule has 0 spiro atoms. The average Bonchev–Trinajstić information content (AvgIpc) is 2.94. The standard InChI is InChI=1S/C19H19FN2O3/c1-3-24-17-9-13-8-12(2)25-18(13)10-14(17)11-21-22-19(23)15-6-4-5-7-16(15)20/h4-7,9-12H,3,8H2,1-2H3,(H,22,23)/b21-11-/t12-/m0/s1. The van der Waals surface area contributed by atoms with Gasteiger partial charge in [0.1, 0.15) is 23.4 Å². The molecule has 2 aromatic carbocycles. The molecule has 1 atom stereocenters. The van der Waals surface area contributed by atoms with Gasteiger partial charge in [-0.05, 0) is 38.1 Å². The van der Waals surface area contributed by atoms with Crippen LogP contribution in [0.15, 0.2) is 41.5 Å². The Kier molecular flexibility index (Phi) is 4.97. The topological polar surface area (TPSA) is 59.9 Å². The van der Waals surface area contributed by atoms with Crippen molar-refractivity contribution in [3.05, 3.63) is 58.9 Å². The van der Waals surface area contributed by atoms with Crippen LogP contribution in [0.3, 0.4) is 0 Å². The molecule has 0 saturated heterocycles. The van der Waals surface area contributed by atoms with Crippen LogP contribution in [0.25, 0.3) is 0 Å². The fourth-order valence-corrected chi connectivity index (χ4v) is 2.70. The van der Waals surface area contributed by atoms with Gasteiger partial charge in [0, 0.05) is 17.5 Å². The van der Waals surface area contributed by atoms with Crippen molar-refractivity contribution in [3.8, 4) is 11.5 Å². The third-order valence-corrected chi connectivity index (χ3v) is 3.82. The molecule has 25 heavy (non-hydrogen) atoms. The highest BCUT2D eigenvalue weighted by Crippen LogP contribution is 2.34. The second-order valence-corrected chi connectivity index (χ2v) is 5.74. The van der Waals surface area contributed by atoms with E-state index >= 15 is 0 Å². The summed E-state index contributed by atoms with van der Waals surface area (Å²) in [6, 6.07) is 9.51. The smallest absolute Gasteiger partial charge is 0.274 e. The van der Waals surface area contributed by atoms with Gasteiger partial charge in [0.2, 0.25) is 0 Å². The van der Waals surface area contributed by atoms with E-state index in [9.17, 15) is 9.18 Å². The van der Waals surface area contributed by atoms with Gasteiger partial charge in [-0.1, -0.05) is 12.1 Å². The van der Waals surface area contributed by atoms with E-state index in [2.05, 4.69) is 10.5 Å². The van der Waals surface area contributed by atoms with Gasteiger partial charge in [-0.25, -0.2) is 9.82 Å². The summed E-state index contributed by atoms with van der Waals surface area (Å²) in [5, 5.41) is 3.92. The molecule has 5 nitrogen and oxygen atoms in total. The highest BCUT2D eigenvalue weighted by Gasteiger charge is 2.21. The van der Waals surface area contributed by atoms with Gasteiger partial charge in [-0.15, -0.1) is 0 Å². The number of fused-ring (bicyclic) bond motifs is 1. The van der Waals surface area contributed by atoms with E-state index in [0.29, 0.717) is 17.9 Å². The van der Waals surface area contributed by atoms with E-state index in [4.69, 9.17) is 9.47 Å². The molecule has 0 aromatic heterocycles. The van der Waals surface area contributed by atoms with E-state index in [-0.39, 0.29) is 11.7 Å². The van der Waals surface area contributed by atoms with E-state index in [1.54, 1.807) is 6.07 Å². The van der Waals surface area contributed by atoms with Gasteiger partial charge in [0.05, 0.1) is 18.4 Å². The van der Waals surface area contributed by atoms with Gasteiger partial charge in [-0.3, -0.25) is 4.79 Å². The lowest BCUT2D eigenvalue weighted by atomic mass is 10.1. The molecule has 1 N–H and O–H groups in total. The van der Waals surface area contributed by atoms with Gasteiger partial charge >= 0.3 is 0 Å². The Morgan fingerprint density at radius 1 is 1.44 bits per heavy atom. The third kappa shape index (κ3) is 3.79. The minimum atomic E-state index is -0.613. The van der Waals surface area contributed by atoms with Gasteiger partial charge in [0.25, 0.3) is 5.91 Å². The average molecular weight is 342 g/mol. The van der Waals surface area contributed by atoms with Crippen LogP contribution in [0.1, 0.15) is 35.3 Å². The first-order chi connectivity index (χ1) is 12.1. The molecule has 1 aliphatic rings. The number of benzene rings is 2. The maximum atomic E-state index is 13.6. The zero-order valence-electron chi connectivity index (χ0n) is 14.1. The van der Waals surface area contributed by atoms with E-state index < -0.39 is 11.7 Å². The van der Waals surface area contributed by atoms with Crippen LogP contribution >= 0.6 is 0 Å². The predicted molar refractivity (Wildman–Crippen MR) is 92.9 cm³/mol. The number of amides is 1. The summed E-state index contributed by atoms with van der Waals surface area (Å²) in [7, 11) is 0. The van der Waals surface area contributed by atoms with Crippen LogP contribution in [-0.4, -0.2) is 24.8 Å². The van der Waals surface area contributed by atoms with Gasteiger partial charge < -0.3 is 9.47 Å². The molecule has 0 bridgehead atoms. The Balaban J connectivity index is 1.78. The molecule has 1 aliphatic heterocycles. The zero-order chi connectivity index (χ0) is 17.8. The molecule has 0 aliphatic carbocycles. The molecular formula is C19H19FN2O3. The second kappa shape index (κ2) is 7.34. The molecule has 0 unspecified atom stereocenters. The van der Waals surface area contributed by atoms with Crippen molar-refractivity contribution >= 4 is 12.1 Å². The number of halogens is 1. The summed E-state index contributed by atoms with van der Waals surface area (Å²) in [6.45, 7) is 4.41. The molecular weight excluding hydrogens is 323 g/mol. The largest absolute Gasteiger partial charge is 0.493 e. The van der Waals surface area contributed by atoms with Crippen molar-refractivity contribution in [2.75, 3.05) is 6.61 Å². The Hall–Kier alpha value is -2.89. The highest BCUT2D eigenvalue weighted by molar-refractivity contribution is 5.95. The number of carbonyl (C=O) groups is 1. The summed E-state index contributed by atoms with van der Waals surface area (Å²) in [5.74, 6) is 0.254. The number of ether oxygens (including phenoxy) is 2. The lowest BCUT2D eigenvalue weighted by molar-refractivity contribution is 0.0951. The summed E-state index contributed by atoms with van der Waals surface area (Å²) >= 11 is 0. The van der Waals surface area contributed by atoms with E-state index in [1.807, 2.05) is 26.0 Å². The van der Waals surface area contributed by atoms with Crippen molar-refractivity contribution in [2.24, 2.45) is 5.10 Å². The van der Waals surface area contributed by atoms with Crippen LogP contribution in [0, 0.1) is 5.82 Å². The number of nitrogens with one attached hydrogen (secondary N) is 1. The molecule has 6 heteroatoms. The number of hydrogen-bond acceptors (Lipinski definition) is 4. The minimum absolute atomic E-state index is 0.0595. The molecule has 0 saturated carbocycles. The molecule has 130 valence electrons. The first-order valence-electron chi connectivity index (χ1n) is 8.12. The third-order valence-electron chi connectivity index (χ3n) is 3.82. The summed E-state index contributed by atoms with van der Waals surface area (Å²) in [6.07, 6.45) is 2.42. The van der Waals surface area contributed by atoms with Crippen LogP contribution in [-0.2, 0) is 6.42 Å². The fourth-order valence-electron chi connectivity index (χ4n) is 2.70. The summed E-state index contributed by atoms with van der Waals surface area (Å²) < 4.78 is 25.0. The Morgan fingerprint density at radius 3 is 3.00 bits per heavy atom. The van der Waals surface area contributed by atoms with Gasteiger partial charge in [-0.2, -0.15) is 5.10 Å². The van der Waals surface area contributed by atoms with E-state index in [1.165, 1.54) is 24.4 Å². The van der Waals surface area contributed by atoms with E-state index in [0.717, 1.165) is 17.7 Å². The molecule has 0 fully saturated rings. The number of carbonyl (C=O) groups excluding carboxylic acids is 1. The first-order valence-corrected chi connectivity index (χ1v) is 8.12. The molecule has 3 rings (SSSR count). The van der Waals surface area contributed by atoms with Crippen LogP contribution in [0.4, 0.5) is 4.39 Å². The minimum Gasteiger partial charge on any atom is -0.493 e. The molecule has 1 amide bonds.